The van der Waals surface area contributed by atoms with Crippen molar-refractivity contribution in [1.82, 2.24) is 20.0 Å². The van der Waals surface area contributed by atoms with Crippen LogP contribution >= 0.6 is 23.7 Å². The summed E-state index contributed by atoms with van der Waals surface area (Å²) in [7, 11) is 1.97. The summed E-state index contributed by atoms with van der Waals surface area (Å²) in [5.41, 5.74) is 1.99. The topological polar surface area (TPSA) is 50.2 Å². The fourth-order valence-corrected chi connectivity index (χ4v) is 5.75. The second kappa shape index (κ2) is 7.50. The molecule has 148 valence electrons. The number of piperidine rings is 1. The maximum atomic E-state index is 13.2. The minimum absolute atomic E-state index is 0. The first-order valence-corrected chi connectivity index (χ1v) is 10.5. The molecular formula is C21H25ClN4OS. The summed E-state index contributed by atoms with van der Waals surface area (Å²) in [4.78, 5) is 17.0. The molecule has 2 fully saturated rings. The number of nitrogens with one attached hydrogen (secondary N) is 1. The number of fused-ring (bicyclic) bond motifs is 3. The van der Waals surface area contributed by atoms with E-state index in [4.69, 9.17) is 0 Å². The zero-order valence-corrected chi connectivity index (χ0v) is 17.7. The van der Waals surface area contributed by atoms with Crippen molar-refractivity contribution in [3.63, 3.8) is 0 Å². The van der Waals surface area contributed by atoms with Crippen LogP contribution in [-0.4, -0.2) is 45.8 Å². The van der Waals surface area contributed by atoms with Crippen molar-refractivity contribution in [2.24, 2.45) is 0 Å². The van der Waals surface area contributed by atoms with Gasteiger partial charge in [-0.2, -0.15) is 5.10 Å². The van der Waals surface area contributed by atoms with Crippen molar-refractivity contribution in [1.29, 1.82) is 0 Å². The summed E-state index contributed by atoms with van der Waals surface area (Å²) in [6, 6.07) is 13.6. The number of para-hydroxylation sites is 1. The van der Waals surface area contributed by atoms with Gasteiger partial charge in [-0.05, 0) is 50.8 Å². The fraction of sp³-hybridized carbons (Fsp3) is 0.429. The lowest BCUT2D eigenvalue weighted by atomic mass is 9.98. The zero-order chi connectivity index (χ0) is 18.5. The predicted molar refractivity (Wildman–Crippen MR) is 116 cm³/mol. The molecule has 0 radical (unpaired) electrons. The average Bonchev–Trinajstić information content (AvgIpc) is 3.36. The summed E-state index contributed by atoms with van der Waals surface area (Å²) in [6.07, 6.45) is 4.64. The number of carbonyl (C=O) groups excluding carboxylic acids is 1. The van der Waals surface area contributed by atoms with E-state index in [1.807, 2.05) is 60.0 Å². The Balaban J connectivity index is 0.00000192. The summed E-state index contributed by atoms with van der Waals surface area (Å²) < 4.78 is 1.96. The van der Waals surface area contributed by atoms with E-state index in [0.29, 0.717) is 18.1 Å². The van der Waals surface area contributed by atoms with Gasteiger partial charge in [0.05, 0.1) is 16.3 Å². The number of rotatable bonds is 3. The third kappa shape index (κ3) is 3.23. The normalized spacial score (nSPS) is 23.6. The summed E-state index contributed by atoms with van der Waals surface area (Å²) in [5.74, 6) is 0.140. The number of aromatic nitrogens is 2. The molecule has 2 unspecified atom stereocenters. The smallest absolute Gasteiger partial charge is 0.264 e. The van der Waals surface area contributed by atoms with Gasteiger partial charge in [0.2, 0.25) is 0 Å². The monoisotopic (exact) mass is 416 g/mol. The van der Waals surface area contributed by atoms with Crippen molar-refractivity contribution in [2.45, 2.75) is 50.7 Å². The quantitative estimate of drug-likeness (QED) is 0.697. The van der Waals surface area contributed by atoms with Gasteiger partial charge in [-0.25, -0.2) is 4.68 Å². The fourth-order valence-electron chi connectivity index (χ4n) is 4.58. The second-order valence-electron chi connectivity index (χ2n) is 7.84. The Bertz CT molecular complexity index is 987. The lowest BCUT2D eigenvalue weighted by molar-refractivity contribution is 0.0686. The molecule has 4 heterocycles. The molecule has 0 aliphatic carbocycles. The highest BCUT2D eigenvalue weighted by Gasteiger charge is 2.36. The highest BCUT2D eigenvalue weighted by atomic mass is 35.5. The molecule has 2 aromatic heterocycles. The number of hydrogen-bond acceptors (Lipinski definition) is 4. The summed E-state index contributed by atoms with van der Waals surface area (Å²) in [6.45, 7) is 2.01. The molecule has 7 heteroatoms. The van der Waals surface area contributed by atoms with Crippen LogP contribution in [0, 0.1) is 6.92 Å². The minimum atomic E-state index is 0. The number of carbonyl (C=O) groups is 1. The van der Waals surface area contributed by atoms with Crippen molar-refractivity contribution < 1.29 is 4.79 Å². The Labute approximate surface area is 175 Å². The standard InChI is InChI=1S/C21H24N4OS.ClH/c1-13-18-12-19(27-21(18)25(23-13)16-6-4-3-5-7-16)20(26)24(2)17-10-14-8-9-15(11-17)22-14;/h3-7,12,14-15,17,22H,8-11H2,1-2H3;1H. The Morgan fingerprint density at radius 2 is 1.89 bits per heavy atom. The van der Waals surface area contributed by atoms with E-state index >= 15 is 0 Å². The van der Waals surface area contributed by atoms with E-state index in [0.717, 1.165) is 39.3 Å². The van der Waals surface area contributed by atoms with Gasteiger partial charge in [-0.15, -0.1) is 23.7 Å². The van der Waals surface area contributed by atoms with E-state index in [2.05, 4.69) is 10.4 Å². The van der Waals surface area contributed by atoms with Crippen LogP contribution in [0.25, 0.3) is 15.9 Å². The van der Waals surface area contributed by atoms with Crippen molar-refractivity contribution >= 4 is 39.9 Å². The molecule has 0 spiro atoms. The molecule has 2 bridgehead atoms. The van der Waals surface area contributed by atoms with E-state index in [-0.39, 0.29) is 18.3 Å². The van der Waals surface area contributed by atoms with Crippen molar-refractivity contribution in [3.8, 4) is 5.69 Å². The van der Waals surface area contributed by atoms with E-state index in [1.54, 1.807) is 11.3 Å². The first-order valence-electron chi connectivity index (χ1n) is 9.68. The number of thiophene rings is 1. The van der Waals surface area contributed by atoms with Gasteiger partial charge in [0.25, 0.3) is 5.91 Å². The molecule has 1 N–H and O–H groups in total. The largest absolute Gasteiger partial charge is 0.338 e. The van der Waals surface area contributed by atoms with Crippen LogP contribution in [0.2, 0.25) is 0 Å². The van der Waals surface area contributed by atoms with Gasteiger partial charge in [0.15, 0.2) is 0 Å². The number of hydrogen-bond donors (Lipinski definition) is 1. The summed E-state index contributed by atoms with van der Waals surface area (Å²) in [5, 5.41) is 9.41. The summed E-state index contributed by atoms with van der Waals surface area (Å²) >= 11 is 1.55. The SMILES string of the molecule is Cc1nn(-c2ccccc2)c2sc(C(=O)N(C)C3CC4CCC(C3)N4)cc12.Cl. The van der Waals surface area contributed by atoms with E-state index in [1.165, 1.54) is 12.8 Å². The molecule has 28 heavy (non-hydrogen) atoms. The predicted octanol–water partition coefficient (Wildman–Crippen LogP) is 4.17. The molecule has 2 atom stereocenters. The van der Waals surface area contributed by atoms with Crippen LogP contribution in [-0.2, 0) is 0 Å². The Morgan fingerprint density at radius 1 is 1.21 bits per heavy atom. The first kappa shape index (κ1) is 19.4. The van der Waals surface area contributed by atoms with Gasteiger partial charge in [0.1, 0.15) is 4.83 Å². The van der Waals surface area contributed by atoms with E-state index < -0.39 is 0 Å². The number of halogens is 1. The molecule has 5 nitrogen and oxygen atoms in total. The molecule has 1 amide bonds. The van der Waals surface area contributed by atoms with Gasteiger partial charge in [0, 0.05) is 30.6 Å². The number of nitrogens with zero attached hydrogens (tertiary/aromatic N) is 3. The lowest BCUT2D eigenvalue weighted by Crippen LogP contribution is -2.48. The van der Waals surface area contributed by atoms with Gasteiger partial charge in [-0.3, -0.25) is 4.79 Å². The van der Waals surface area contributed by atoms with Gasteiger partial charge >= 0.3 is 0 Å². The van der Waals surface area contributed by atoms with E-state index in [9.17, 15) is 4.79 Å². The number of amides is 1. The highest BCUT2D eigenvalue weighted by molar-refractivity contribution is 7.20. The van der Waals surface area contributed by atoms with Gasteiger partial charge in [-0.1, -0.05) is 18.2 Å². The van der Waals surface area contributed by atoms with Crippen LogP contribution in [0.3, 0.4) is 0 Å². The molecule has 5 rings (SSSR count). The number of aryl methyl sites for hydroxylation is 1. The molecule has 2 aliphatic heterocycles. The van der Waals surface area contributed by atoms with Crippen LogP contribution in [0.4, 0.5) is 0 Å². The average molecular weight is 417 g/mol. The van der Waals surface area contributed by atoms with Crippen LogP contribution < -0.4 is 5.32 Å². The molecular weight excluding hydrogens is 392 g/mol. The van der Waals surface area contributed by atoms with Crippen molar-refractivity contribution in [2.75, 3.05) is 7.05 Å². The highest BCUT2D eigenvalue weighted by Crippen LogP contribution is 2.33. The van der Waals surface area contributed by atoms with Crippen LogP contribution in [0.15, 0.2) is 36.4 Å². The third-order valence-corrected chi connectivity index (χ3v) is 7.17. The Hall–Kier alpha value is -1.89. The van der Waals surface area contributed by atoms with Crippen molar-refractivity contribution in [3.05, 3.63) is 47.0 Å². The lowest BCUT2D eigenvalue weighted by Gasteiger charge is -2.35. The first-order chi connectivity index (χ1) is 13.1. The Kier molecular flexibility index (Phi) is 5.21. The number of benzene rings is 1. The molecule has 0 saturated carbocycles. The second-order valence-corrected chi connectivity index (χ2v) is 8.87. The van der Waals surface area contributed by atoms with Crippen LogP contribution in [0.5, 0.6) is 0 Å². The van der Waals surface area contributed by atoms with Crippen LogP contribution in [0.1, 0.15) is 41.0 Å². The molecule has 3 aromatic rings. The Morgan fingerprint density at radius 3 is 2.57 bits per heavy atom. The maximum absolute atomic E-state index is 13.2. The maximum Gasteiger partial charge on any atom is 0.264 e. The zero-order valence-electron chi connectivity index (χ0n) is 16.1. The molecule has 2 aliphatic rings. The molecule has 1 aromatic carbocycles. The third-order valence-electron chi connectivity index (χ3n) is 6.07. The molecule has 2 saturated heterocycles. The minimum Gasteiger partial charge on any atom is -0.338 e. The van der Waals surface area contributed by atoms with Gasteiger partial charge < -0.3 is 10.2 Å².